The molecule has 2 aromatic rings. The zero-order chi connectivity index (χ0) is 18.3. The second kappa shape index (κ2) is 10.1. The maximum Gasteiger partial charge on any atom is 0.191 e. The maximum absolute atomic E-state index is 13.5. The average molecular weight is 466 g/mol. The predicted octanol–water partition coefficient (Wildman–Crippen LogP) is 3.96. The molecule has 0 aromatic heterocycles. The molecule has 0 amide bonds. The number of aliphatic imine (C=N–C) groups is 1. The summed E-state index contributed by atoms with van der Waals surface area (Å²) in [6.07, 6.45) is 0. The standard InChI is InChI=1S/C20H23FN4.HI/c1-20(2,17-8-5-9-18(21)11-17)14-25-19(23-3)24-13-16-7-4-6-15(10-16)12-22;/h4-11H,13-14H2,1-3H3,(H2,23,24,25);1H. The van der Waals surface area contributed by atoms with Gasteiger partial charge in [0.15, 0.2) is 5.96 Å². The van der Waals surface area contributed by atoms with Crippen LogP contribution in [0.4, 0.5) is 4.39 Å². The van der Waals surface area contributed by atoms with Gasteiger partial charge in [0.2, 0.25) is 0 Å². The Kier molecular flexibility index (Phi) is 8.52. The van der Waals surface area contributed by atoms with Gasteiger partial charge in [-0.25, -0.2) is 4.39 Å². The SMILES string of the molecule is CN=C(NCc1cccc(C#N)c1)NCC(C)(C)c1cccc(F)c1.I. The minimum Gasteiger partial charge on any atom is -0.356 e. The minimum atomic E-state index is -0.250. The summed E-state index contributed by atoms with van der Waals surface area (Å²) in [6.45, 7) is 5.28. The number of guanidine groups is 1. The van der Waals surface area contributed by atoms with Gasteiger partial charge in [-0.05, 0) is 35.4 Å². The maximum atomic E-state index is 13.5. The first-order valence-corrected chi connectivity index (χ1v) is 8.14. The molecule has 0 unspecified atom stereocenters. The molecule has 2 N–H and O–H groups in total. The fourth-order valence-corrected chi connectivity index (χ4v) is 2.47. The fraction of sp³-hybridized carbons (Fsp3) is 0.300. The summed E-state index contributed by atoms with van der Waals surface area (Å²) in [5.74, 6) is 0.428. The van der Waals surface area contributed by atoms with E-state index in [0.717, 1.165) is 11.1 Å². The van der Waals surface area contributed by atoms with E-state index in [1.165, 1.54) is 6.07 Å². The van der Waals surface area contributed by atoms with E-state index in [2.05, 4.69) is 35.5 Å². The van der Waals surface area contributed by atoms with Gasteiger partial charge in [0.25, 0.3) is 0 Å². The smallest absolute Gasteiger partial charge is 0.191 e. The lowest BCUT2D eigenvalue weighted by molar-refractivity contribution is 0.503. The summed E-state index contributed by atoms with van der Waals surface area (Å²) in [7, 11) is 1.70. The largest absolute Gasteiger partial charge is 0.356 e. The third kappa shape index (κ3) is 6.30. The van der Waals surface area contributed by atoms with Crippen LogP contribution in [0.5, 0.6) is 0 Å². The van der Waals surface area contributed by atoms with E-state index in [1.54, 1.807) is 25.2 Å². The average Bonchev–Trinajstić information content (AvgIpc) is 2.62. The molecule has 26 heavy (non-hydrogen) atoms. The summed E-state index contributed by atoms with van der Waals surface area (Å²) in [5, 5.41) is 15.5. The van der Waals surface area contributed by atoms with Crippen LogP contribution in [0.3, 0.4) is 0 Å². The predicted molar refractivity (Wildman–Crippen MR) is 114 cm³/mol. The van der Waals surface area contributed by atoms with Gasteiger partial charge in [-0.3, -0.25) is 4.99 Å². The van der Waals surface area contributed by atoms with Crippen molar-refractivity contribution >= 4 is 29.9 Å². The Morgan fingerprint density at radius 2 is 1.88 bits per heavy atom. The molecule has 6 heteroatoms. The van der Waals surface area contributed by atoms with Crippen LogP contribution in [0.15, 0.2) is 53.5 Å². The first kappa shape index (κ1) is 21.9. The highest BCUT2D eigenvalue weighted by Crippen LogP contribution is 2.22. The third-order valence-electron chi connectivity index (χ3n) is 4.04. The second-order valence-electron chi connectivity index (χ2n) is 6.49. The number of rotatable bonds is 5. The lowest BCUT2D eigenvalue weighted by Crippen LogP contribution is -2.43. The van der Waals surface area contributed by atoms with Crippen LogP contribution in [0.2, 0.25) is 0 Å². The van der Waals surface area contributed by atoms with Gasteiger partial charge in [-0.15, -0.1) is 24.0 Å². The zero-order valence-corrected chi connectivity index (χ0v) is 17.5. The molecular weight excluding hydrogens is 442 g/mol. The number of nitriles is 1. The molecule has 2 aromatic carbocycles. The van der Waals surface area contributed by atoms with E-state index in [-0.39, 0.29) is 35.2 Å². The van der Waals surface area contributed by atoms with Crippen LogP contribution < -0.4 is 10.6 Å². The first-order chi connectivity index (χ1) is 11.9. The van der Waals surface area contributed by atoms with Crippen LogP contribution in [0.1, 0.15) is 30.5 Å². The number of hydrogen-bond acceptors (Lipinski definition) is 2. The van der Waals surface area contributed by atoms with Crippen molar-refractivity contribution in [1.82, 2.24) is 10.6 Å². The first-order valence-electron chi connectivity index (χ1n) is 8.14. The van der Waals surface area contributed by atoms with Gasteiger partial charge in [-0.2, -0.15) is 5.26 Å². The van der Waals surface area contributed by atoms with E-state index in [1.807, 2.05) is 24.3 Å². The molecule has 0 fully saturated rings. The van der Waals surface area contributed by atoms with E-state index < -0.39 is 0 Å². The van der Waals surface area contributed by atoms with Crippen LogP contribution in [-0.2, 0) is 12.0 Å². The zero-order valence-electron chi connectivity index (χ0n) is 15.2. The van der Waals surface area contributed by atoms with Crippen LogP contribution in [-0.4, -0.2) is 19.6 Å². The van der Waals surface area contributed by atoms with Crippen LogP contribution in [0, 0.1) is 17.1 Å². The number of halogens is 2. The number of benzene rings is 2. The van der Waals surface area contributed by atoms with Gasteiger partial charge in [-0.1, -0.05) is 38.1 Å². The van der Waals surface area contributed by atoms with Gasteiger partial charge in [0, 0.05) is 25.6 Å². The van der Waals surface area contributed by atoms with E-state index in [9.17, 15) is 4.39 Å². The summed E-state index contributed by atoms with van der Waals surface area (Å²) in [5.41, 5.74) is 2.32. The highest BCUT2D eigenvalue weighted by molar-refractivity contribution is 14.0. The van der Waals surface area contributed by atoms with Crippen LogP contribution in [0.25, 0.3) is 0 Å². The molecule has 4 nitrogen and oxygen atoms in total. The quantitative estimate of drug-likeness (QED) is 0.399. The molecular formula is C20H24FIN4. The molecule has 0 atom stereocenters. The number of nitrogens with one attached hydrogen (secondary N) is 2. The molecule has 0 aliphatic heterocycles. The Bertz CT molecular complexity index is 796. The third-order valence-corrected chi connectivity index (χ3v) is 4.04. The molecule has 0 saturated carbocycles. The van der Waals surface area contributed by atoms with Crippen molar-refractivity contribution in [1.29, 1.82) is 5.26 Å². The number of hydrogen-bond donors (Lipinski definition) is 2. The van der Waals surface area contributed by atoms with Crippen molar-refractivity contribution in [3.8, 4) is 6.07 Å². The minimum absolute atomic E-state index is 0. The fourth-order valence-electron chi connectivity index (χ4n) is 2.47. The lowest BCUT2D eigenvalue weighted by Gasteiger charge is -2.27. The summed E-state index contributed by atoms with van der Waals surface area (Å²) in [6, 6.07) is 16.2. The van der Waals surface area contributed by atoms with Gasteiger partial charge in [0.1, 0.15) is 5.82 Å². The highest BCUT2D eigenvalue weighted by Gasteiger charge is 2.21. The van der Waals surface area contributed by atoms with Crippen molar-refractivity contribution < 1.29 is 4.39 Å². The number of nitrogens with zero attached hydrogens (tertiary/aromatic N) is 2. The molecule has 0 aliphatic rings. The van der Waals surface area contributed by atoms with Gasteiger partial charge < -0.3 is 10.6 Å². The van der Waals surface area contributed by atoms with Gasteiger partial charge >= 0.3 is 0 Å². The Morgan fingerprint density at radius 3 is 2.54 bits per heavy atom. The summed E-state index contributed by atoms with van der Waals surface area (Å²) >= 11 is 0. The summed E-state index contributed by atoms with van der Waals surface area (Å²) < 4.78 is 13.5. The monoisotopic (exact) mass is 466 g/mol. The second-order valence-corrected chi connectivity index (χ2v) is 6.49. The molecule has 138 valence electrons. The lowest BCUT2D eigenvalue weighted by atomic mass is 9.84. The molecule has 0 radical (unpaired) electrons. The summed E-state index contributed by atoms with van der Waals surface area (Å²) in [4.78, 5) is 4.22. The Labute approximate surface area is 171 Å². The molecule has 0 aliphatic carbocycles. The Hall–Kier alpha value is -2.14. The molecule has 0 heterocycles. The molecule has 0 saturated heterocycles. The Balaban J connectivity index is 0.00000338. The topological polar surface area (TPSA) is 60.2 Å². The van der Waals surface area contributed by atoms with E-state index in [0.29, 0.717) is 24.6 Å². The van der Waals surface area contributed by atoms with Crippen LogP contribution >= 0.6 is 24.0 Å². The normalized spacial score (nSPS) is 11.3. The van der Waals surface area contributed by atoms with Crippen molar-refractivity contribution in [2.45, 2.75) is 25.8 Å². The molecule has 0 spiro atoms. The molecule has 0 bridgehead atoms. The molecule has 2 rings (SSSR count). The highest BCUT2D eigenvalue weighted by atomic mass is 127. The van der Waals surface area contributed by atoms with E-state index >= 15 is 0 Å². The van der Waals surface area contributed by atoms with Crippen molar-refractivity contribution in [3.63, 3.8) is 0 Å². The van der Waals surface area contributed by atoms with Crippen molar-refractivity contribution in [2.75, 3.05) is 13.6 Å². The van der Waals surface area contributed by atoms with Crippen molar-refractivity contribution in [2.24, 2.45) is 4.99 Å². The van der Waals surface area contributed by atoms with Crippen molar-refractivity contribution in [3.05, 3.63) is 71.0 Å². The van der Waals surface area contributed by atoms with Gasteiger partial charge in [0.05, 0.1) is 11.6 Å². The van der Waals surface area contributed by atoms with E-state index in [4.69, 9.17) is 5.26 Å². The Morgan fingerprint density at radius 1 is 1.15 bits per heavy atom.